The first-order chi connectivity index (χ1) is 15.1. The van der Waals surface area contributed by atoms with E-state index >= 15 is 0 Å². The molecular weight excluding hydrogens is 396 g/mol. The fourth-order valence-corrected chi connectivity index (χ4v) is 3.38. The minimum Gasteiger partial charge on any atom is -0.469 e. The van der Waals surface area contributed by atoms with Gasteiger partial charge in [0, 0.05) is 23.5 Å². The molecule has 0 radical (unpaired) electrons. The van der Waals surface area contributed by atoms with Crippen molar-refractivity contribution in [3.8, 4) is 22.6 Å². The number of methoxy groups -OCH3 is 1. The SMILES string of the molecule is COC(=O)Cc1cccc(Oc2ccc(-c3cccnc3)cc2CN2CCOC2=O)c1. The molecular formula is C24H22N2O5. The molecule has 1 aromatic heterocycles. The summed E-state index contributed by atoms with van der Waals surface area (Å²) in [6, 6.07) is 17.0. The molecule has 1 amide bonds. The summed E-state index contributed by atoms with van der Waals surface area (Å²) in [6.07, 6.45) is 3.35. The number of carbonyl (C=O) groups is 2. The van der Waals surface area contributed by atoms with Gasteiger partial charge < -0.3 is 19.1 Å². The summed E-state index contributed by atoms with van der Waals surface area (Å²) in [5, 5.41) is 0. The van der Waals surface area contributed by atoms with Gasteiger partial charge in [-0.3, -0.25) is 9.78 Å². The van der Waals surface area contributed by atoms with Gasteiger partial charge in [0.25, 0.3) is 0 Å². The van der Waals surface area contributed by atoms with Crippen LogP contribution in [0.3, 0.4) is 0 Å². The molecule has 1 aliphatic heterocycles. The summed E-state index contributed by atoms with van der Waals surface area (Å²) in [7, 11) is 1.36. The molecule has 0 N–H and O–H groups in total. The lowest BCUT2D eigenvalue weighted by molar-refractivity contribution is -0.139. The van der Waals surface area contributed by atoms with Crippen molar-refractivity contribution < 1.29 is 23.8 Å². The van der Waals surface area contributed by atoms with E-state index in [4.69, 9.17) is 14.2 Å². The van der Waals surface area contributed by atoms with Crippen LogP contribution < -0.4 is 4.74 Å². The van der Waals surface area contributed by atoms with Gasteiger partial charge in [-0.1, -0.05) is 24.3 Å². The molecule has 0 aliphatic carbocycles. The Kier molecular flexibility index (Phi) is 6.12. The van der Waals surface area contributed by atoms with Crippen molar-refractivity contribution in [3.05, 3.63) is 78.1 Å². The third-order valence-corrected chi connectivity index (χ3v) is 4.96. The van der Waals surface area contributed by atoms with Crippen LogP contribution in [-0.4, -0.2) is 42.2 Å². The van der Waals surface area contributed by atoms with Crippen LogP contribution in [-0.2, 0) is 27.2 Å². The predicted octanol–water partition coefficient (Wildman–Crippen LogP) is 4.21. The zero-order valence-corrected chi connectivity index (χ0v) is 17.1. The molecule has 1 saturated heterocycles. The molecule has 2 aromatic carbocycles. The van der Waals surface area contributed by atoms with Crippen molar-refractivity contribution in [2.45, 2.75) is 13.0 Å². The van der Waals surface area contributed by atoms with Crippen LogP contribution in [0.1, 0.15) is 11.1 Å². The number of rotatable bonds is 7. The van der Waals surface area contributed by atoms with E-state index in [0.717, 1.165) is 22.3 Å². The van der Waals surface area contributed by atoms with Crippen LogP contribution in [0.2, 0.25) is 0 Å². The number of benzene rings is 2. The van der Waals surface area contributed by atoms with E-state index in [0.29, 0.717) is 31.2 Å². The lowest BCUT2D eigenvalue weighted by atomic mass is 10.0. The van der Waals surface area contributed by atoms with E-state index in [9.17, 15) is 9.59 Å². The highest BCUT2D eigenvalue weighted by atomic mass is 16.6. The van der Waals surface area contributed by atoms with Gasteiger partial charge in [0.05, 0.1) is 26.6 Å². The van der Waals surface area contributed by atoms with Crippen LogP contribution in [0.25, 0.3) is 11.1 Å². The Balaban J connectivity index is 1.63. The summed E-state index contributed by atoms with van der Waals surface area (Å²) in [6.45, 7) is 1.28. The smallest absolute Gasteiger partial charge is 0.410 e. The van der Waals surface area contributed by atoms with E-state index in [1.54, 1.807) is 23.4 Å². The van der Waals surface area contributed by atoms with Gasteiger partial charge in [0.1, 0.15) is 18.1 Å². The monoisotopic (exact) mass is 418 g/mol. The number of hydrogen-bond donors (Lipinski definition) is 0. The number of cyclic esters (lactones) is 1. The molecule has 158 valence electrons. The van der Waals surface area contributed by atoms with E-state index in [2.05, 4.69) is 4.98 Å². The standard InChI is InChI=1S/C24H22N2O5/c1-29-23(27)13-17-4-2-6-21(12-17)31-22-8-7-18(19-5-3-9-25-15-19)14-20(22)16-26-10-11-30-24(26)28/h2-9,12,14-15H,10-11,13,16H2,1H3. The normalized spacial score (nSPS) is 13.1. The number of hydrogen-bond acceptors (Lipinski definition) is 6. The fourth-order valence-electron chi connectivity index (χ4n) is 3.38. The molecule has 0 spiro atoms. The summed E-state index contributed by atoms with van der Waals surface area (Å²) in [5.41, 5.74) is 3.58. The van der Waals surface area contributed by atoms with Gasteiger partial charge in [-0.15, -0.1) is 0 Å². The van der Waals surface area contributed by atoms with E-state index < -0.39 is 0 Å². The molecule has 0 unspecified atom stereocenters. The lowest BCUT2D eigenvalue weighted by Gasteiger charge is -2.18. The molecule has 2 heterocycles. The van der Waals surface area contributed by atoms with Crippen molar-refractivity contribution >= 4 is 12.1 Å². The number of esters is 1. The number of nitrogens with zero attached hydrogens (tertiary/aromatic N) is 2. The van der Waals surface area contributed by atoms with Crippen LogP contribution >= 0.6 is 0 Å². The Labute approximate surface area is 180 Å². The van der Waals surface area contributed by atoms with E-state index in [-0.39, 0.29) is 18.5 Å². The highest BCUT2D eigenvalue weighted by molar-refractivity contribution is 5.72. The van der Waals surface area contributed by atoms with Crippen molar-refractivity contribution in [1.29, 1.82) is 0 Å². The zero-order valence-electron chi connectivity index (χ0n) is 17.1. The maximum Gasteiger partial charge on any atom is 0.410 e. The second kappa shape index (κ2) is 9.30. The molecule has 7 nitrogen and oxygen atoms in total. The topological polar surface area (TPSA) is 78.0 Å². The zero-order chi connectivity index (χ0) is 21.6. The van der Waals surface area contributed by atoms with E-state index in [1.807, 2.05) is 48.5 Å². The first kappa shape index (κ1) is 20.4. The van der Waals surface area contributed by atoms with Crippen molar-refractivity contribution in [2.24, 2.45) is 0 Å². The second-order valence-electron chi connectivity index (χ2n) is 7.10. The summed E-state index contributed by atoms with van der Waals surface area (Å²) in [4.78, 5) is 29.4. The quantitative estimate of drug-likeness (QED) is 0.535. The minimum atomic E-state index is -0.335. The number of pyridine rings is 1. The third-order valence-electron chi connectivity index (χ3n) is 4.96. The van der Waals surface area contributed by atoms with Crippen LogP contribution in [0.5, 0.6) is 11.5 Å². The predicted molar refractivity (Wildman–Crippen MR) is 114 cm³/mol. The first-order valence-electron chi connectivity index (χ1n) is 9.91. The molecule has 1 aliphatic rings. The highest BCUT2D eigenvalue weighted by Gasteiger charge is 2.23. The first-order valence-corrected chi connectivity index (χ1v) is 9.91. The number of amides is 1. The van der Waals surface area contributed by atoms with Crippen molar-refractivity contribution in [3.63, 3.8) is 0 Å². The van der Waals surface area contributed by atoms with Crippen LogP contribution in [0, 0.1) is 0 Å². The Hall–Kier alpha value is -3.87. The molecule has 0 saturated carbocycles. The average molecular weight is 418 g/mol. The number of aromatic nitrogens is 1. The number of carbonyl (C=O) groups excluding carboxylic acids is 2. The van der Waals surface area contributed by atoms with Gasteiger partial charge in [0.2, 0.25) is 0 Å². The fraction of sp³-hybridized carbons (Fsp3) is 0.208. The number of ether oxygens (including phenoxy) is 3. The summed E-state index contributed by atoms with van der Waals surface area (Å²) in [5.74, 6) is 0.912. The second-order valence-corrected chi connectivity index (χ2v) is 7.10. The Bertz CT molecular complexity index is 1080. The lowest BCUT2D eigenvalue weighted by Crippen LogP contribution is -2.23. The summed E-state index contributed by atoms with van der Waals surface area (Å²) >= 11 is 0. The van der Waals surface area contributed by atoms with Gasteiger partial charge in [0.15, 0.2) is 0 Å². The molecule has 31 heavy (non-hydrogen) atoms. The highest BCUT2D eigenvalue weighted by Crippen LogP contribution is 2.32. The molecule has 3 aromatic rings. The van der Waals surface area contributed by atoms with Crippen molar-refractivity contribution in [1.82, 2.24) is 9.88 Å². The molecule has 0 atom stereocenters. The van der Waals surface area contributed by atoms with E-state index in [1.165, 1.54) is 7.11 Å². The van der Waals surface area contributed by atoms with Crippen molar-refractivity contribution in [2.75, 3.05) is 20.3 Å². The maximum atomic E-state index is 12.0. The maximum absolute atomic E-state index is 12.0. The summed E-state index contributed by atoms with van der Waals surface area (Å²) < 4.78 is 16.0. The third kappa shape index (κ3) is 5.01. The van der Waals surface area contributed by atoms with Gasteiger partial charge in [-0.2, -0.15) is 0 Å². The van der Waals surface area contributed by atoms with Gasteiger partial charge >= 0.3 is 12.1 Å². The van der Waals surface area contributed by atoms with Gasteiger partial charge in [-0.25, -0.2) is 4.79 Å². The minimum absolute atomic E-state index is 0.167. The molecule has 7 heteroatoms. The average Bonchev–Trinajstić information content (AvgIpc) is 3.20. The molecule has 4 rings (SSSR count). The van der Waals surface area contributed by atoms with Crippen LogP contribution in [0.4, 0.5) is 4.79 Å². The van der Waals surface area contributed by atoms with Crippen LogP contribution in [0.15, 0.2) is 67.0 Å². The Morgan fingerprint density at radius 3 is 2.77 bits per heavy atom. The molecule has 1 fully saturated rings. The molecule has 0 bridgehead atoms. The Morgan fingerprint density at radius 2 is 2.03 bits per heavy atom. The Morgan fingerprint density at radius 1 is 1.13 bits per heavy atom. The van der Waals surface area contributed by atoms with Gasteiger partial charge in [-0.05, 0) is 41.5 Å². The largest absolute Gasteiger partial charge is 0.469 e.